The van der Waals surface area contributed by atoms with Crippen molar-refractivity contribution >= 4 is 0 Å². The van der Waals surface area contributed by atoms with Crippen LogP contribution in [0.3, 0.4) is 0 Å². The Morgan fingerprint density at radius 2 is 1.76 bits per heavy atom. The minimum atomic E-state index is 0.627. The summed E-state index contributed by atoms with van der Waals surface area (Å²) in [5, 5.41) is 3.59. The highest BCUT2D eigenvalue weighted by atomic mass is 15.2. The molecule has 0 amide bonds. The van der Waals surface area contributed by atoms with Gasteiger partial charge in [-0.25, -0.2) is 0 Å². The van der Waals surface area contributed by atoms with Crippen molar-refractivity contribution < 1.29 is 0 Å². The van der Waals surface area contributed by atoms with Gasteiger partial charge in [0.1, 0.15) is 0 Å². The maximum atomic E-state index is 3.59. The first-order valence-corrected chi connectivity index (χ1v) is 7.24. The molecule has 0 saturated carbocycles. The topological polar surface area (TPSA) is 18.5 Å². The van der Waals surface area contributed by atoms with Crippen LogP contribution in [0.25, 0.3) is 0 Å². The third-order valence-corrected chi connectivity index (χ3v) is 3.96. The van der Waals surface area contributed by atoms with Gasteiger partial charge in [0.2, 0.25) is 0 Å². The molecule has 0 aliphatic carbocycles. The second-order valence-corrected chi connectivity index (χ2v) is 5.84. The Morgan fingerprint density at radius 1 is 1.12 bits per heavy atom. The van der Waals surface area contributed by atoms with Crippen molar-refractivity contribution in [3.05, 3.63) is 0 Å². The minimum Gasteiger partial charge on any atom is -0.313 e. The molecule has 1 saturated heterocycles. The Kier molecular flexibility index (Phi) is 7.09. The Bertz CT molecular complexity index is 188. The van der Waals surface area contributed by atoms with E-state index in [1.54, 1.807) is 0 Å². The summed E-state index contributed by atoms with van der Waals surface area (Å²) in [6, 6.07) is 0.627. The highest BCUT2D eigenvalue weighted by molar-refractivity contribution is 4.69. The minimum absolute atomic E-state index is 0.627. The summed E-state index contributed by atoms with van der Waals surface area (Å²) in [4.78, 5) is 5.03. The van der Waals surface area contributed by atoms with Crippen molar-refractivity contribution in [2.75, 3.05) is 46.3 Å². The van der Waals surface area contributed by atoms with Gasteiger partial charge in [0, 0.05) is 32.2 Å². The van der Waals surface area contributed by atoms with Crippen LogP contribution in [-0.2, 0) is 0 Å². The molecule has 0 spiro atoms. The van der Waals surface area contributed by atoms with Crippen molar-refractivity contribution in [2.45, 2.75) is 39.7 Å². The number of nitrogens with one attached hydrogen (secondary N) is 1. The van der Waals surface area contributed by atoms with Crippen molar-refractivity contribution in [3.8, 4) is 0 Å². The first-order valence-electron chi connectivity index (χ1n) is 7.24. The van der Waals surface area contributed by atoms with Crippen molar-refractivity contribution in [1.82, 2.24) is 15.1 Å². The molecule has 1 aliphatic heterocycles. The fraction of sp³-hybridized carbons (Fsp3) is 1.00. The van der Waals surface area contributed by atoms with E-state index in [4.69, 9.17) is 0 Å². The van der Waals surface area contributed by atoms with Gasteiger partial charge in [0.05, 0.1) is 0 Å². The van der Waals surface area contributed by atoms with Crippen LogP contribution in [0, 0.1) is 5.92 Å². The number of nitrogens with zero attached hydrogens (tertiary/aromatic N) is 2. The number of likely N-dealkylation sites (tertiary alicyclic amines) is 1. The van der Waals surface area contributed by atoms with Gasteiger partial charge < -0.3 is 15.1 Å². The molecular formula is C14H31N3. The normalized spacial score (nSPS) is 19.4. The highest BCUT2D eigenvalue weighted by Gasteiger charge is 2.11. The summed E-state index contributed by atoms with van der Waals surface area (Å²) in [6.07, 6.45) is 2.80. The lowest BCUT2D eigenvalue weighted by molar-refractivity contribution is 0.253. The molecule has 1 heterocycles. The van der Waals surface area contributed by atoms with Crippen LogP contribution in [0.4, 0.5) is 0 Å². The smallest absolute Gasteiger partial charge is 0.0109 e. The summed E-state index contributed by atoms with van der Waals surface area (Å²) in [5.74, 6) is 0.727. The van der Waals surface area contributed by atoms with E-state index < -0.39 is 0 Å². The monoisotopic (exact) mass is 241 g/mol. The van der Waals surface area contributed by atoms with Gasteiger partial charge in [-0.05, 0) is 45.8 Å². The van der Waals surface area contributed by atoms with Crippen LogP contribution in [0.2, 0.25) is 0 Å². The molecule has 3 nitrogen and oxygen atoms in total. The molecule has 1 unspecified atom stereocenters. The van der Waals surface area contributed by atoms with E-state index in [-0.39, 0.29) is 0 Å². The third kappa shape index (κ3) is 6.39. The predicted octanol–water partition coefficient (Wildman–Crippen LogP) is 1.65. The second kappa shape index (κ2) is 8.06. The fourth-order valence-electron chi connectivity index (χ4n) is 2.15. The summed E-state index contributed by atoms with van der Waals surface area (Å²) < 4.78 is 0. The van der Waals surface area contributed by atoms with E-state index in [1.165, 1.54) is 39.0 Å². The van der Waals surface area contributed by atoms with Crippen LogP contribution < -0.4 is 5.32 Å². The van der Waals surface area contributed by atoms with Crippen LogP contribution in [0.1, 0.15) is 33.6 Å². The molecule has 17 heavy (non-hydrogen) atoms. The predicted molar refractivity (Wildman–Crippen MR) is 75.5 cm³/mol. The molecule has 1 fully saturated rings. The van der Waals surface area contributed by atoms with Gasteiger partial charge >= 0.3 is 0 Å². The zero-order valence-electron chi connectivity index (χ0n) is 12.2. The molecule has 0 radical (unpaired) electrons. The number of likely N-dealkylation sites (N-methyl/N-ethyl adjacent to an activating group) is 1. The number of hydrogen-bond acceptors (Lipinski definition) is 3. The number of rotatable bonds is 8. The van der Waals surface area contributed by atoms with E-state index in [2.05, 4.69) is 42.9 Å². The molecule has 0 aromatic carbocycles. The van der Waals surface area contributed by atoms with Gasteiger partial charge in [-0.2, -0.15) is 0 Å². The van der Waals surface area contributed by atoms with Gasteiger partial charge in [-0.3, -0.25) is 0 Å². The Balaban J connectivity index is 1.98. The Morgan fingerprint density at radius 3 is 2.35 bits per heavy atom. The maximum Gasteiger partial charge on any atom is 0.0109 e. The van der Waals surface area contributed by atoms with E-state index >= 15 is 0 Å². The molecule has 0 aromatic rings. The molecule has 1 rings (SSSR count). The van der Waals surface area contributed by atoms with E-state index in [9.17, 15) is 0 Å². The molecule has 0 bridgehead atoms. The van der Waals surface area contributed by atoms with Crippen LogP contribution >= 0.6 is 0 Å². The van der Waals surface area contributed by atoms with Crippen LogP contribution in [0.5, 0.6) is 0 Å². The van der Waals surface area contributed by atoms with Gasteiger partial charge in [0.25, 0.3) is 0 Å². The van der Waals surface area contributed by atoms with Gasteiger partial charge in [-0.15, -0.1) is 0 Å². The van der Waals surface area contributed by atoms with Crippen molar-refractivity contribution in [1.29, 1.82) is 0 Å². The third-order valence-electron chi connectivity index (χ3n) is 3.96. The summed E-state index contributed by atoms with van der Waals surface area (Å²) in [7, 11) is 2.23. The summed E-state index contributed by atoms with van der Waals surface area (Å²) in [6.45, 7) is 14.2. The molecule has 0 aromatic heterocycles. The maximum absolute atomic E-state index is 3.59. The molecular weight excluding hydrogens is 210 g/mol. The molecule has 3 heteroatoms. The highest BCUT2D eigenvalue weighted by Crippen LogP contribution is 2.06. The van der Waals surface area contributed by atoms with E-state index in [0.29, 0.717) is 6.04 Å². The van der Waals surface area contributed by atoms with Crippen LogP contribution in [-0.4, -0.2) is 62.2 Å². The standard InChI is InChI=1S/C14H31N3/c1-13(2)14(3)15-7-10-16(4)11-12-17-8-5-6-9-17/h13-15H,5-12H2,1-4H3. The lowest BCUT2D eigenvalue weighted by Gasteiger charge is -2.23. The molecule has 1 atom stereocenters. The fourth-order valence-corrected chi connectivity index (χ4v) is 2.15. The number of hydrogen-bond donors (Lipinski definition) is 1. The summed E-state index contributed by atoms with van der Waals surface area (Å²) >= 11 is 0. The van der Waals surface area contributed by atoms with E-state index in [1.807, 2.05) is 0 Å². The zero-order valence-corrected chi connectivity index (χ0v) is 12.2. The largest absolute Gasteiger partial charge is 0.313 e. The van der Waals surface area contributed by atoms with Crippen molar-refractivity contribution in [2.24, 2.45) is 5.92 Å². The van der Waals surface area contributed by atoms with Crippen LogP contribution in [0.15, 0.2) is 0 Å². The second-order valence-electron chi connectivity index (χ2n) is 5.84. The lowest BCUT2D eigenvalue weighted by atomic mass is 10.1. The first-order chi connectivity index (χ1) is 8.09. The summed E-state index contributed by atoms with van der Waals surface area (Å²) in [5.41, 5.74) is 0. The first kappa shape index (κ1) is 14.9. The molecule has 1 N–H and O–H groups in total. The van der Waals surface area contributed by atoms with Gasteiger partial charge in [-0.1, -0.05) is 13.8 Å². The SMILES string of the molecule is CC(C)C(C)NCCN(C)CCN1CCCC1. The Labute approximate surface area is 108 Å². The molecule has 102 valence electrons. The lowest BCUT2D eigenvalue weighted by Crippen LogP contribution is -2.39. The Hall–Kier alpha value is -0.120. The van der Waals surface area contributed by atoms with E-state index in [0.717, 1.165) is 19.0 Å². The van der Waals surface area contributed by atoms with Crippen molar-refractivity contribution in [3.63, 3.8) is 0 Å². The average molecular weight is 241 g/mol. The molecule has 1 aliphatic rings. The zero-order chi connectivity index (χ0) is 12.7. The quantitative estimate of drug-likeness (QED) is 0.697. The average Bonchev–Trinajstić information content (AvgIpc) is 2.78. The van der Waals surface area contributed by atoms with Gasteiger partial charge in [0.15, 0.2) is 0 Å².